The predicted octanol–water partition coefficient (Wildman–Crippen LogP) is 4.54. The molecule has 1 aliphatic rings. The number of benzene rings is 2. The average molecular weight is 390 g/mol. The standard InChI is InChI=1S/C19H17Cl2N3O2/c1-13-9-25-19(26-13,10-24-12-22-11-23-24)17-7-4-15(8-18(17)21)14-2-5-16(20)6-3-14/h2-8,11-13H,9-10H2,1H3/t13-,19-/m0/s1. The summed E-state index contributed by atoms with van der Waals surface area (Å²) < 4.78 is 13.9. The van der Waals surface area contributed by atoms with Crippen molar-refractivity contribution in [2.45, 2.75) is 25.4 Å². The molecule has 1 fully saturated rings. The highest BCUT2D eigenvalue weighted by molar-refractivity contribution is 6.32. The van der Waals surface area contributed by atoms with Crippen LogP contribution < -0.4 is 0 Å². The fraction of sp³-hybridized carbons (Fsp3) is 0.263. The number of hydrogen-bond donors (Lipinski definition) is 0. The second kappa shape index (κ2) is 7.00. The Balaban J connectivity index is 1.71. The first-order chi connectivity index (χ1) is 12.6. The molecule has 4 rings (SSSR count). The zero-order valence-electron chi connectivity index (χ0n) is 14.1. The molecule has 0 radical (unpaired) electrons. The number of hydrogen-bond acceptors (Lipinski definition) is 4. The second-order valence-corrected chi connectivity index (χ2v) is 7.13. The molecule has 26 heavy (non-hydrogen) atoms. The third-order valence-electron chi connectivity index (χ3n) is 4.34. The minimum absolute atomic E-state index is 0.0365. The molecule has 134 valence electrons. The second-order valence-electron chi connectivity index (χ2n) is 6.29. The van der Waals surface area contributed by atoms with Gasteiger partial charge in [-0.25, -0.2) is 9.67 Å². The Morgan fingerprint density at radius 1 is 1.15 bits per heavy atom. The van der Waals surface area contributed by atoms with Crippen molar-refractivity contribution >= 4 is 23.2 Å². The summed E-state index contributed by atoms with van der Waals surface area (Å²) in [5.74, 6) is -0.983. The lowest BCUT2D eigenvalue weighted by atomic mass is 9.99. The van der Waals surface area contributed by atoms with E-state index in [1.165, 1.54) is 6.33 Å². The summed E-state index contributed by atoms with van der Waals surface area (Å²) in [5, 5.41) is 5.44. The summed E-state index contributed by atoms with van der Waals surface area (Å²) in [6.45, 7) is 2.83. The van der Waals surface area contributed by atoms with Gasteiger partial charge in [-0.2, -0.15) is 5.10 Å². The highest BCUT2D eigenvalue weighted by atomic mass is 35.5. The topological polar surface area (TPSA) is 49.2 Å². The van der Waals surface area contributed by atoms with Gasteiger partial charge in [-0.1, -0.05) is 47.5 Å². The molecule has 0 aliphatic carbocycles. The van der Waals surface area contributed by atoms with E-state index in [1.54, 1.807) is 11.0 Å². The Labute approximate surface area is 161 Å². The Hall–Kier alpha value is -1.92. The van der Waals surface area contributed by atoms with Crippen LogP contribution in [0.1, 0.15) is 12.5 Å². The van der Waals surface area contributed by atoms with Crippen molar-refractivity contribution in [1.29, 1.82) is 0 Å². The number of ether oxygens (including phenoxy) is 2. The van der Waals surface area contributed by atoms with E-state index in [4.69, 9.17) is 32.7 Å². The van der Waals surface area contributed by atoms with Crippen LogP contribution in [0.4, 0.5) is 0 Å². The molecule has 0 amide bonds. The smallest absolute Gasteiger partial charge is 0.217 e. The van der Waals surface area contributed by atoms with Gasteiger partial charge in [0.05, 0.1) is 12.7 Å². The summed E-state index contributed by atoms with van der Waals surface area (Å²) in [7, 11) is 0. The first-order valence-corrected chi connectivity index (χ1v) is 9.01. The molecule has 0 saturated carbocycles. The molecule has 2 atom stereocenters. The molecule has 0 unspecified atom stereocenters. The largest absolute Gasteiger partial charge is 0.342 e. The van der Waals surface area contributed by atoms with Gasteiger partial charge < -0.3 is 9.47 Å². The van der Waals surface area contributed by atoms with Gasteiger partial charge in [0, 0.05) is 15.6 Å². The van der Waals surface area contributed by atoms with Crippen LogP contribution in [0.15, 0.2) is 55.1 Å². The van der Waals surface area contributed by atoms with E-state index >= 15 is 0 Å². The molecule has 0 N–H and O–H groups in total. The van der Waals surface area contributed by atoms with E-state index in [0.717, 1.165) is 16.7 Å². The van der Waals surface area contributed by atoms with Crippen molar-refractivity contribution in [1.82, 2.24) is 14.8 Å². The van der Waals surface area contributed by atoms with Crippen LogP contribution in [0.5, 0.6) is 0 Å². The van der Waals surface area contributed by atoms with Crippen molar-refractivity contribution in [3.8, 4) is 11.1 Å². The summed E-state index contributed by atoms with van der Waals surface area (Å²) in [6, 6.07) is 13.5. The maximum absolute atomic E-state index is 6.64. The van der Waals surface area contributed by atoms with Crippen LogP contribution in [0.25, 0.3) is 11.1 Å². The SMILES string of the molecule is C[C@H]1CO[C@](Cn2cncn2)(c2ccc(-c3ccc(Cl)cc3)cc2Cl)O1. The first-order valence-electron chi connectivity index (χ1n) is 8.26. The molecule has 3 aromatic rings. The third-order valence-corrected chi connectivity index (χ3v) is 4.90. The van der Waals surface area contributed by atoms with Gasteiger partial charge in [-0.15, -0.1) is 0 Å². The van der Waals surface area contributed by atoms with Crippen LogP contribution in [0.2, 0.25) is 10.0 Å². The average Bonchev–Trinajstić information content (AvgIpc) is 3.26. The van der Waals surface area contributed by atoms with Gasteiger partial charge in [0.1, 0.15) is 19.2 Å². The molecule has 0 spiro atoms. The molecule has 2 heterocycles. The van der Waals surface area contributed by atoms with Crippen molar-refractivity contribution in [3.05, 3.63) is 70.7 Å². The van der Waals surface area contributed by atoms with E-state index < -0.39 is 5.79 Å². The number of halogens is 2. The summed E-state index contributed by atoms with van der Waals surface area (Å²) >= 11 is 12.6. The van der Waals surface area contributed by atoms with E-state index in [-0.39, 0.29) is 6.10 Å². The van der Waals surface area contributed by atoms with E-state index in [2.05, 4.69) is 10.1 Å². The highest BCUT2D eigenvalue weighted by Crippen LogP contribution is 2.40. The van der Waals surface area contributed by atoms with Gasteiger partial charge in [0.15, 0.2) is 0 Å². The Bertz CT molecular complexity index is 900. The van der Waals surface area contributed by atoms with Gasteiger partial charge in [-0.05, 0) is 36.2 Å². The van der Waals surface area contributed by atoms with E-state index in [1.807, 2.05) is 49.4 Å². The van der Waals surface area contributed by atoms with Crippen molar-refractivity contribution in [3.63, 3.8) is 0 Å². The van der Waals surface area contributed by atoms with Crippen LogP contribution >= 0.6 is 23.2 Å². The van der Waals surface area contributed by atoms with Crippen LogP contribution in [0, 0.1) is 0 Å². The molecule has 1 aromatic heterocycles. The van der Waals surface area contributed by atoms with Gasteiger partial charge in [-0.3, -0.25) is 0 Å². The fourth-order valence-corrected chi connectivity index (χ4v) is 3.58. The maximum Gasteiger partial charge on any atom is 0.217 e. The van der Waals surface area contributed by atoms with Crippen molar-refractivity contribution in [2.75, 3.05) is 6.61 Å². The molecule has 7 heteroatoms. The van der Waals surface area contributed by atoms with Crippen LogP contribution in [-0.4, -0.2) is 27.5 Å². The maximum atomic E-state index is 6.64. The number of rotatable bonds is 4. The normalized spacial score (nSPS) is 22.7. The minimum Gasteiger partial charge on any atom is -0.342 e. The molecule has 1 saturated heterocycles. The monoisotopic (exact) mass is 389 g/mol. The molecule has 2 aromatic carbocycles. The summed E-state index contributed by atoms with van der Waals surface area (Å²) in [5.41, 5.74) is 2.81. The van der Waals surface area contributed by atoms with Crippen LogP contribution in [0.3, 0.4) is 0 Å². The summed E-state index contributed by atoms with van der Waals surface area (Å²) in [4.78, 5) is 3.99. The Morgan fingerprint density at radius 2 is 1.92 bits per heavy atom. The molecule has 0 bridgehead atoms. The minimum atomic E-state index is -0.983. The molecule has 5 nitrogen and oxygen atoms in total. The summed E-state index contributed by atoms with van der Waals surface area (Å²) in [6.07, 6.45) is 3.08. The van der Waals surface area contributed by atoms with E-state index in [0.29, 0.717) is 23.2 Å². The quantitative estimate of drug-likeness (QED) is 0.656. The van der Waals surface area contributed by atoms with E-state index in [9.17, 15) is 0 Å². The number of nitrogens with zero attached hydrogens (tertiary/aromatic N) is 3. The van der Waals surface area contributed by atoms with Gasteiger partial charge in [0.2, 0.25) is 5.79 Å². The fourth-order valence-electron chi connectivity index (χ4n) is 3.13. The van der Waals surface area contributed by atoms with Gasteiger partial charge in [0.25, 0.3) is 0 Å². The van der Waals surface area contributed by atoms with Crippen molar-refractivity contribution < 1.29 is 9.47 Å². The van der Waals surface area contributed by atoms with Crippen molar-refractivity contribution in [2.24, 2.45) is 0 Å². The molecule has 1 aliphatic heterocycles. The zero-order chi connectivity index (χ0) is 18.1. The number of aromatic nitrogens is 3. The Kier molecular flexibility index (Phi) is 4.71. The lowest BCUT2D eigenvalue weighted by molar-refractivity contribution is -0.186. The molecular weight excluding hydrogens is 373 g/mol. The molecular formula is C19H17Cl2N3O2. The Morgan fingerprint density at radius 3 is 2.54 bits per heavy atom. The zero-order valence-corrected chi connectivity index (χ0v) is 15.6. The lowest BCUT2D eigenvalue weighted by Crippen LogP contribution is -2.34. The first kappa shape index (κ1) is 17.5. The highest BCUT2D eigenvalue weighted by Gasteiger charge is 2.44. The van der Waals surface area contributed by atoms with Crippen LogP contribution in [-0.2, 0) is 21.8 Å². The predicted molar refractivity (Wildman–Crippen MR) is 100 cm³/mol. The third kappa shape index (κ3) is 3.35. The van der Waals surface area contributed by atoms with Gasteiger partial charge >= 0.3 is 0 Å². The lowest BCUT2D eigenvalue weighted by Gasteiger charge is -2.29.